The summed E-state index contributed by atoms with van der Waals surface area (Å²) in [6.45, 7) is 6.95. The Kier molecular flexibility index (Phi) is 8.81. The molecule has 0 amide bonds. The second-order valence-corrected chi connectivity index (χ2v) is 13.1. The lowest BCUT2D eigenvalue weighted by atomic mass is 9.93. The lowest BCUT2D eigenvalue weighted by Crippen LogP contribution is -2.08. The molecule has 4 aromatic rings. The van der Waals surface area contributed by atoms with Crippen LogP contribution in [0.3, 0.4) is 0 Å². The third kappa shape index (κ3) is 6.82. The summed E-state index contributed by atoms with van der Waals surface area (Å²) in [7, 11) is 0. The number of aromatic nitrogens is 1. The number of hydrogen-bond acceptors (Lipinski definition) is 2. The predicted octanol–water partition coefficient (Wildman–Crippen LogP) is 10.4. The Hall–Kier alpha value is -2.29. The molecule has 3 heteroatoms. The second-order valence-electron chi connectivity index (χ2n) is 11.4. The van der Waals surface area contributed by atoms with Gasteiger partial charge in [0.25, 0.3) is 0 Å². The number of aryl methyl sites for hydroxylation is 2. The van der Waals surface area contributed by atoms with Crippen molar-refractivity contribution in [3.05, 3.63) is 112 Å². The SMILES string of the molecule is CCC1(CS[C@@H](Cc2ccc3ccc(Cl)cc3n2)c2cccc(CCCc3ccccc3C(C)C)c2)CC1. The van der Waals surface area contributed by atoms with Crippen LogP contribution in [-0.4, -0.2) is 10.7 Å². The number of rotatable bonds is 12. The monoisotopic (exact) mass is 541 g/mol. The number of halogens is 1. The Balaban J connectivity index is 1.32. The highest BCUT2D eigenvalue weighted by molar-refractivity contribution is 7.99. The van der Waals surface area contributed by atoms with Gasteiger partial charge in [0.2, 0.25) is 0 Å². The van der Waals surface area contributed by atoms with Crippen LogP contribution in [0.4, 0.5) is 0 Å². The number of nitrogens with zero attached hydrogens (tertiary/aromatic N) is 1. The summed E-state index contributed by atoms with van der Waals surface area (Å²) in [5.74, 6) is 1.81. The lowest BCUT2D eigenvalue weighted by molar-refractivity contribution is 0.561. The summed E-state index contributed by atoms with van der Waals surface area (Å²) in [5, 5.41) is 2.30. The maximum Gasteiger partial charge on any atom is 0.0720 e. The summed E-state index contributed by atoms with van der Waals surface area (Å²) in [6.07, 6.45) is 8.43. The standard InChI is InChI=1S/C35H40ClNS/c1-4-35(19-20-35)24-38-34(23-31-18-16-28-15-17-30(36)22-33(28)37-31)29-13-8-10-26(21-29)9-7-12-27-11-5-6-14-32(27)25(2)3/h5-6,8,10-11,13-18,21-22,25,34H,4,7,9,12,19-20,23-24H2,1-3H3/t34-/m0/s1. The maximum absolute atomic E-state index is 6.27. The highest BCUT2D eigenvalue weighted by atomic mass is 35.5. The average Bonchev–Trinajstić information content (AvgIpc) is 3.71. The van der Waals surface area contributed by atoms with Crippen LogP contribution >= 0.6 is 23.4 Å². The first-order valence-corrected chi connectivity index (χ1v) is 15.7. The Labute approximate surface area is 238 Å². The Morgan fingerprint density at radius 3 is 2.53 bits per heavy atom. The number of pyridine rings is 1. The molecule has 1 atom stereocenters. The summed E-state index contributed by atoms with van der Waals surface area (Å²) >= 11 is 8.41. The third-order valence-electron chi connectivity index (χ3n) is 8.32. The highest BCUT2D eigenvalue weighted by Crippen LogP contribution is 2.53. The number of hydrogen-bond donors (Lipinski definition) is 0. The van der Waals surface area contributed by atoms with Crippen LogP contribution in [-0.2, 0) is 19.3 Å². The predicted molar refractivity (Wildman–Crippen MR) is 167 cm³/mol. The van der Waals surface area contributed by atoms with E-state index in [1.807, 2.05) is 12.1 Å². The van der Waals surface area contributed by atoms with Gasteiger partial charge in [-0.15, -0.1) is 0 Å². The van der Waals surface area contributed by atoms with Gasteiger partial charge in [-0.3, -0.25) is 4.98 Å². The fourth-order valence-electron chi connectivity index (χ4n) is 5.52. The normalized spacial score (nSPS) is 15.2. The molecule has 0 bridgehead atoms. The molecule has 0 saturated heterocycles. The van der Waals surface area contributed by atoms with E-state index in [0.717, 1.165) is 40.9 Å². The Morgan fingerprint density at radius 1 is 0.921 bits per heavy atom. The van der Waals surface area contributed by atoms with Crippen molar-refractivity contribution < 1.29 is 0 Å². The molecule has 0 spiro atoms. The molecule has 1 aliphatic rings. The van der Waals surface area contributed by atoms with E-state index in [0.29, 0.717) is 16.6 Å². The molecule has 38 heavy (non-hydrogen) atoms. The van der Waals surface area contributed by atoms with Gasteiger partial charge in [0, 0.05) is 27.8 Å². The van der Waals surface area contributed by atoms with Crippen molar-refractivity contribution >= 4 is 34.3 Å². The first-order chi connectivity index (χ1) is 18.4. The molecule has 0 radical (unpaired) electrons. The van der Waals surface area contributed by atoms with E-state index in [9.17, 15) is 0 Å². The second kappa shape index (κ2) is 12.3. The third-order valence-corrected chi connectivity index (χ3v) is 10.2. The molecule has 1 aliphatic carbocycles. The van der Waals surface area contributed by atoms with Crippen molar-refractivity contribution in [2.75, 3.05) is 5.75 Å². The molecule has 1 fully saturated rings. The number of thioether (sulfide) groups is 1. The van der Waals surface area contributed by atoms with E-state index in [2.05, 4.69) is 99.3 Å². The summed E-state index contributed by atoms with van der Waals surface area (Å²) < 4.78 is 0. The van der Waals surface area contributed by atoms with Crippen LogP contribution in [0.2, 0.25) is 5.02 Å². The maximum atomic E-state index is 6.27. The van der Waals surface area contributed by atoms with Crippen molar-refractivity contribution in [2.45, 2.75) is 76.9 Å². The van der Waals surface area contributed by atoms with Gasteiger partial charge in [-0.2, -0.15) is 11.8 Å². The van der Waals surface area contributed by atoms with Crippen LogP contribution < -0.4 is 0 Å². The van der Waals surface area contributed by atoms with Crippen LogP contribution in [0.5, 0.6) is 0 Å². The number of fused-ring (bicyclic) bond motifs is 1. The molecule has 1 aromatic heterocycles. The zero-order valence-electron chi connectivity index (χ0n) is 23.1. The van der Waals surface area contributed by atoms with E-state index >= 15 is 0 Å². The van der Waals surface area contributed by atoms with E-state index in [1.165, 1.54) is 53.7 Å². The zero-order valence-corrected chi connectivity index (χ0v) is 24.6. The molecular formula is C35H40ClNS. The first-order valence-electron chi connectivity index (χ1n) is 14.3. The fourth-order valence-corrected chi connectivity index (χ4v) is 7.36. The van der Waals surface area contributed by atoms with Crippen molar-refractivity contribution in [2.24, 2.45) is 5.41 Å². The minimum absolute atomic E-state index is 0.407. The molecule has 5 rings (SSSR count). The molecular weight excluding hydrogens is 502 g/mol. The van der Waals surface area contributed by atoms with Crippen LogP contribution in [0.1, 0.15) is 85.6 Å². The molecule has 1 saturated carbocycles. The average molecular weight is 542 g/mol. The van der Waals surface area contributed by atoms with Gasteiger partial charge in [0.15, 0.2) is 0 Å². The van der Waals surface area contributed by atoms with Gasteiger partial charge >= 0.3 is 0 Å². The van der Waals surface area contributed by atoms with Gasteiger partial charge in [0.05, 0.1) is 5.52 Å². The molecule has 1 heterocycles. The summed E-state index contributed by atoms with van der Waals surface area (Å²) in [4.78, 5) is 5.01. The fraction of sp³-hybridized carbons (Fsp3) is 0.400. The Bertz CT molecular complexity index is 1370. The van der Waals surface area contributed by atoms with E-state index in [1.54, 1.807) is 0 Å². The molecule has 0 unspecified atom stereocenters. The molecule has 198 valence electrons. The molecule has 1 nitrogen and oxygen atoms in total. The van der Waals surface area contributed by atoms with Crippen molar-refractivity contribution in [3.8, 4) is 0 Å². The zero-order chi connectivity index (χ0) is 26.5. The van der Waals surface area contributed by atoms with Gasteiger partial charge in [0.1, 0.15) is 0 Å². The van der Waals surface area contributed by atoms with Gasteiger partial charge in [-0.25, -0.2) is 0 Å². The van der Waals surface area contributed by atoms with Crippen LogP contribution in [0.25, 0.3) is 10.9 Å². The van der Waals surface area contributed by atoms with E-state index < -0.39 is 0 Å². The summed E-state index contributed by atoms with van der Waals surface area (Å²) in [6, 6.07) is 28.7. The minimum Gasteiger partial charge on any atom is -0.253 e. The largest absolute Gasteiger partial charge is 0.253 e. The topological polar surface area (TPSA) is 12.9 Å². The highest BCUT2D eigenvalue weighted by Gasteiger charge is 2.41. The molecule has 0 N–H and O–H groups in total. The first kappa shape index (κ1) is 27.3. The van der Waals surface area contributed by atoms with Crippen molar-refractivity contribution in [3.63, 3.8) is 0 Å². The van der Waals surface area contributed by atoms with Crippen LogP contribution in [0, 0.1) is 5.41 Å². The van der Waals surface area contributed by atoms with Gasteiger partial charge < -0.3 is 0 Å². The van der Waals surface area contributed by atoms with E-state index in [-0.39, 0.29) is 0 Å². The minimum atomic E-state index is 0.407. The summed E-state index contributed by atoms with van der Waals surface area (Å²) in [5.41, 5.74) is 8.58. The lowest BCUT2D eigenvalue weighted by Gasteiger charge is -2.21. The molecule has 3 aromatic carbocycles. The van der Waals surface area contributed by atoms with Crippen molar-refractivity contribution in [1.82, 2.24) is 4.98 Å². The molecule has 0 aliphatic heterocycles. The van der Waals surface area contributed by atoms with E-state index in [4.69, 9.17) is 16.6 Å². The quantitative estimate of drug-likeness (QED) is 0.177. The van der Waals surface area contributed by atoms with Crippen molar-refractivity contribution in [1.29, 1.82) is 0 Å². The smallest absolute Gasteiger partial charge is 0.0720 e. The van der Waals surface area contributed by atoms with Gasteiger partial charge in [-0.1, -0.05) is 93.0 Å². The number of benzene rings is 3. The Morgan fingerprint density at radius 2 is 1.74 bits per heavy atom. The van der Waals surface area contributed by atoms with Crippen LogP contribution in [0.15, 0.2) is 78.9 Å². The van der Waals surface area contributed by atoms with Gasteiger partial charge in [-0.05, 0) is 96.1 Å².